The third-order valence-corrected chi connectivity index (χ3v) is 6.18. The highest BCUT2D eigenvalue weighted by atomic mass is 35.5. The lowest BCUT2D eigenvalue weighted by Crippen LogP contribution is -2.51. The van der Waals surface area contributed by atoms with Gasteiger partial charge >= 0.3 is 6.09 Å². The summed E-state index contributed by atoms with van der Waals surface area (Å²) in [5, 5.41) is 3.31. The summed E-state index contributed by atoms with van der Waals surface area (Å²) in [6.45, 7) is 1.79. The topological polar surface area (TPSA) is 91.4 Å². The van der Waals surface area contributed by atoms with Crippen molar-refractivity contribution in [2.45, 2.75) is 5.60 Å². The number of halogens is 1. The number of carbonyl (C=O) groups excluding carboxylic acids is 3. The van der Waals surface area contributed by atoms with E-state index in [0.29, 0.717) is 41.8 Å². The lowest BCUT2D eigenvalue weighted by Gasteiger charge is -2.33. The second-order valence-electron chi connectivity index (χ2n) is 8.43. The summed E-state index contributed by atoms with van der Waals surface area (Å²) < 4.78 is 11.6. The quantitative estimate of drug-likeness (QED) is 0.740. The van der Waals surface area contributed by atoms with Gasteiger partial charge in [0.05, 0.1) is 37.7 Å². The monoisotopic (exact) mass is 470 g/mol. The second-order valence-corrected chi connectivity index (χ2v) is 8.86. The molecule has 10 heteroatoms. The Hall–Kier alpha value is -3.14. The Balaban J connectivity index is 1.32. The Bertz CT molecular complexity index is 1110. The van der Waals surface area contributed by atoms with E-state index in [0.717, 1.165) is 0 Å². The van der Waals surface area contributed by atoms with E-state index in [9.17, 15) is 14.4 Å². The lowest BCUT2D eigenvalue weighted by molar-refractivity contribution is -0.123. The van der Waals surface area contributed by atoms with Crippen molar-refractivity contribution in [3.05, 3.63) is 53.6 Å². The van der Waals surface area contributed by atoms with Crippen molar-refractivity contribution in [1.29, 1.82) is 0 Å². The van der Waals surface area contributed by atoms with Crippen molar-refractivity contribution < 1.29 is 23.9 Å². The molecule has 9 nitrogen and oxygen atoms in total. The maximum atomic E-state index is 13.2. The maximum Gasteiger partial charge on any atom is 0.415 e. The number of benzene rings is 2. The van der Waals surface area contributed by atoms with Gasteiger partial charge in [-0.1, -0.05) is 29.8 Å². The SMILES string of the molecule is O=C1CN(C(=O)CN2CCOC[C@@]3(C2)CN(c2cccc(Cl)c2)C(=O)O3)c2ccccc2N1. The van der Waals surface area contributed by atoms with Gasteiger partial charge in [0.15, 0.2) is 5.60 Å². The van der Waals surface area contributed by atoms with Crippen LogP contribution in [0.1, 0.15) is 0 Å². The van der Waals surface area contributed by atoms with Crippen LogP contribution in [0.3, 0.4) is 0 Å². The van der Waals surface area contributed by atoms with Crippen LogP contribution in [0.15, 0.2) is 48.5 Å². The minimum absolute atomic E-state index is 0.0388. The van der Waals surface area contributed by atoms with Crippen molar-refractivity contribution >= 4 is 46.6 Å². The van der Waals surface area contributed by atoms with Crippen molar-refractivity contribution in [3.8, 4) is 0 Å². The van der Waals surface area contributed by atoms with Crippen LogP contribution in [-0.2, 0) is 19.1 Å². The highest BCUT2D eigenvalue weighted by Crippen LogP contribution is 2.32. The summed E-state index contributed by atoms with van der Waals surface area (Å²) in [4.78, 5) is 42.9. The smallest absolute Gasteiger partial charge is 0.415 e. The van der Waals surface area contributed by atoms with Gasteiger partial charge in [-0.3, -0.25) is 24.3 Å². The van der Waals surface area contributed by atoms with Gasteiger partial charge in [0.2, 0.25) is 11.8 Å². The molecule has 0 aliphatic carbocycles. The third kappa shape index (κ3) is 4.39. The molecule has 2 aromatic rings. The predicted octanol–water partition coefficient (Wildman–Crippen LogP) is 2.35. The van der Waals surface area contributed by atoms with E-state index < -0.39 is 11.7 Å². The first kappa shape index (κ1) is 21.7. The molecule has 33 heavy (non-hydrogen) atoms. The summed E-state index contributed by atoms with van der Waals surface area (Å²) in [6.07, 6.45) is -0.476. The predicted molar refractivity (Wildman–Crippen MR) is 123 cm³/mol. The Labute approximate surface area is 195 Å². The van der Waals surface area contributed by atoms with Gasteiger partial charge in [0, 0.05) is 23.8 Å². The Morgan fingerprint density at radius 1 is 1.12 bits per heavy atom. The van der Waals surface area contributed by atoms with E-state index in [1.54, 1.807) is 36.4 Å². The highest BCUT2D eigenvalue weighted by Gasteiger charge is 2.48. The van der Waals surface area contributed by atoms with E-state index in [1.165, 1.54) is 9.80 Å². The molecule has 2 aromatic carbocycles. The zero-order chi connectivity index (χ0) is 23.0. The average Bonchev–Trinajstić information content (AvgIpc) is 2.98. The summed E-state index contributed by atoms with van der Waals surface area (Å²) in [7, 11) is 0. The molecule has 0 saturated carbocycles. The molecule has 1 N–H and O–H groups in total. The molecule has 1 atom stereocenters. The summed E-state index contributed by atoms with van der Waals surface area (Å²) in [5.41, 5.74) is 1.02. The van der Waals surface area contributed by atoms with Crippen LogP contribution in [0.25, 0.3) is 0 Å². The first-order valence-electron chi connectivity index (χ1n) is 10.7. The number of nitrogens with one attached hydrogen (secondary N) is 1. The second kappa shape index (κ2) is 8.66. The van der Waals surface area contributed by atoms with Crippen molar-refractivity contribution in [2.24, 2.45) is 0 Å². The molecule has 3 amide bonds. The first-order valence-corrected chi connectivity index (χ1v) is 11.1. The Kier molecular flexibility index (Phi) is 5.69. The minimum atomic E-state index is -0.909. The molecule has 5 rings (SSSR count). The van der Waals surface area contributed by atoms with E-state index in [1.807, 2.05) is 17.0 Å². The van der Waals surface area contributed by atoms with Crippen LogP contribution in [0, 0.1) is 0 Å². The van der Waals surface area contributed by atoms with Crippen molar-refractivity contribution in [2.75, 3.05) is 61.1 Å². The number of hydrogen-bond donors (Lipinski definition) is 1. The molecule has 2 fully saturated rings. The average molecular weight is 471 g/mol. The fourth-order valence-corrected chi connectivity index (χ4v) is 4.66. The fraction of sp³-hybridized carbons (Fsp3) is 0.348. The minimum Gasteiger partial charge on any atom is -0.437 e. The van der Waals surface area contributed by atoms with Crippen LogP contribution < -0.4 is 15.1 Å². The Morgan fingerprint density at radius 3 is 2.82 bits per heavy atom. The summed E-state index contributed by atoms with van der Waals surface area (Å²) in [5.74, 6) is -0.440. The third-order valence-electron chi connectivity index (χ3n) is 5.95. The van der Waals surface area contributed by atoms with Crippen molar-refractivity contribution in [3.63, 3.8) is 0 Å². The Morgan fingerprint density at radius 2 is 1.97 bits per heavy atom. The van der Waals surface area contributed by atoms with Gasteiger partial charge < -0.3 is 14.8 Å². The number of amides is 3. The fourth-order valence-electron chi connectivity index (χ4n) is 4.47. The normalized spacial score (nSPS) is 23.2. The van der Waals surface area contributed by atoms with Crippen LogP contribution >= 0.6 is 11.6 Å². The number of ether oxygens (including phenoxy) is 2. The first-order chi connectivity index (χ1) is 15.9. The molecule has 3 aliphatic rings. The number of hydrogen-bond acceptors (Lipinski definition) is 6. The lowest BCUT2D eigenvalue weighted by atomic mass is 10.0. The van der Waals surface area contributed by atoms with E-state index in [2.05, 4.69) is 5.32 Å². The van der Waals surface area contributed by atoms with Gasteiger partial charge in [-0.25, -0.2) is 4.79 Å². The van der Waals surface area contributed by atoms with E-state index in [-0.39, 0.29) is 38.1 Å². The summed E-state index contributed by atoms with van der Waals surface area (Å²) >= 11 is 6.09. The largest absolute Gasteiger partial charge is 0.437 e. The van der Waals surface area contributed by atoms with Crippen LogP contribution in [0.4, 0.5) is 21.9 Å². The van der Waals surface area contributed by atoms with Crippen molar-refractivity contribution in [1.82, 2.24) is 4.90 Å². The molecule has 3 aliphatic heterocycles. The van der Waals surface area contributed by atoms with E-state index >= 15 is 0 Å². The molecule has 2 saturated heterocycles. The number of carbonyl (C=O) groups is 3. The number of rotatable bonds is 3. The molecule has 1 spiro atoms. The van der Waals surface area contributed by atoms with Gasteiger partial charge in [0.1, 0.15) is 6.54 Å². The molecule has 0 aromatic heterocycles. The van der Waals surface area contributed by atoms with Gasteiger partial charge in [-0.2, -0.15) is 0 Å². The number of nitrogens with zero attached hydrogens (tertiary/aromatic N) is 3. The van der Waals surface area contributed by atoms with Crippen LogP contribution in [-0.4, -0.2) is 74.3 Å². The number of fused-ring (bicyclic) bond motifs is 1. The molecule has 3 heterocycles. The van der Waals surface area contributed by atoms with Gasteiger partial charge in [-0.05, 0) is 30.3 Å². The molecule has 172 valence electrons. The number of anilines is 3. The summed E-state index contributed by atoms with van der Waals surface area (Å²) in [6, 6.07) is 14.2. The highest BCUT2D eigenvalue weighted by molar-refractivity contribution is 6.30. The van der Waals surface area contributed by atoms with E-state index in [4.69, 9.17) is 21.1 Å². The molecular weight excluding hydrogens is 448 g/mol. The molecular formula is C23H23ClN4O5. The zero-order valence-electron chi connectivity index (χ0n) is 17.8. The van der Waals surface area contributed by atoms with Crippen LogP contribution in [0.2, 0.25) is 5.02 Å². The maximum absolute atomic E-state index is 13.2. The molecule has 0 unspecified atom stereocenters. The zero-order valence-corrected chi connectivity index (χ0v) is 18.6. The standard InChI is InChI=1S/C23H23ClN4O5/c24-16-4-3-5-17(10-16)28-14-23(33-22(28)31)13-26(8-9-32-15-23)12-21(30)27-11-20(29)25-18-6-1-2-7-19(18)27/h1-7,10H,8-9,11-15H2,(H,25,29)/t23-/m1/s1. The van der Waals surface area contributed by atoms with Crippen LogP contribution in [0.5, 0.6) is 0 Å². The van der Waals surface area contributed by atoms with Gasteiger partial charge in [-0.15, -0.1) is 0 Å². The van der Waals surface area contributed by atoms with Gasteiger partial charge in [0.25, 0.3) is 0 Å². The molecule has 0 bridgehead atoms. The number of para-hydroxylation sites is 2. The molecule has 0 radical (unpaired) electrons.